The maximum absolute atomic E-state index is 13.0. The number of carbonyl (C=O) groups is 1. The Morgan fingerprint density at radius 1 is 1.09 bits per heavy atom. The molecule has 2 atom stereocenters. The van der Waals surface area contributed by atoms with Crippen LogP contribution in [0.4, 0.5) is 18.0 Å². The summed E-state index contributed by atoms with van der Waals surface area (Å²) in [5.41, 5.74) is 0.0362. The molecule has 1 aromatic carbocycles. The molecule has 176 valence electrons. The number of halogens is 4. The largest absolute Gasteiger partial charge is 0.472 e. The number of amides is 1. The standard InChI is InChI=1S/C22H22ClF3N4O3/c23-15-5-14(22(24,25)26)6-17(7-15)33-21(31)30-4-3-29-12-18(8-16(29)11-30)32-20-10-27-19(9-28-20)13-1-2-13/h5-7,9-10,13,16,18H,1-4,8,11-12H2/t16-,18+/m0/s1. The number of aromatic nitrogens is 2. The van der Waals surface area contributed by atoms with Gasteiger partial charge in [-0.2, -0.15) is 13.2 Å². The Balaban J connectivity index is 1.17. The molecule has 33 heavy (non-hydrogen) atoms. The molecule has 3 aliphatic rings. The molecule has 7 nitrogen and oxygen atoms in total. The Bertz CT molecular complexity index is 1030. The van der Waals surface area contributed by atoms with Crippen LogP contribution in [0.3, 0.4) is 0 Å². The van der Waals surface area contributed by atoms with Gasteiger partial charge >= 0.3 is 12.3 Å². The second-order valence-corrected chi connectivity index (χ2v) is 9.10. The van der Waals surface area contributed by atoms with E-state index in [0.29, 0.717) is 44.4 Å². The maximum Gasteiger partial charge on any atom is 0.416 e. The van der Waals surface area contributed by atoms with E-state index >= 15 is 0 Å². The van der Waals surface area contributed by atoms with Crippen molar-refractivity contribution < 1.29 is 27.4 Å². The number of fused-ring (bicyclic) bond motifs is 1. The number of benzene rings is 1. The first-order valence-corrected chi connectivity index (χ1v) is 11.2. The third-order valence-corrected chi connectivity index (χ3v) is 6.39. The lowest BCUT2D eigenvalue weighted by molar-refractivity contribution is -0.137. The van der Waals surface area contributed by atoms with E-state index in [1.807, 2.05) is 0 Å². The third kappa shape index (κ3) is 5.16. The normalized spacial score (nSPS) is 23.3. The fourth-order valence-electron chi connectivity index (χ4n) is 4.35. The van der Waals surface area contributed by atoms with E-state index in [9.17, 15) is 18.0 Å². The van der Waals surface area contributed by atoms with Crippen molar-refractivity contribution in [1.29, 1.82) is 0 Å². The van der Waals surface area contributed by atoms with Gasteiger partial charge in [0.2, 0.25) is 5.88 Å². The number of piperazine rings is 1. The monoisotopic (exact) mass is 482 g/mol. The molecular formula is C22H22ClF3N4O3. The number of nitrogens with zero attached hydrogens (tertiary/aromatic N) is 4. The Hall–Kier alpha value is -2.59. The van der Waals surface area contributed by atoms with Crippen LogP contribution in [0.15, 0.2) is 30.6 Å². The minimum Gasteiger partial charge on any atom is -0.472 e. The molecule has 0 bridgehead atoms. The molecule has 1 aromatic heterocycles. The van der Waals surface area contributed by atoms with Gasteiger partial charge in [0.15, 0.2) is 0 Å². The zero-order valence-corrected chi connectivity index (χ0v) is 18.3. The first-order chi connectivity index (χ1) is 15.7. The van der Waals surface area contributed by atoms with Crippen molar-refractivity contribution in [2.75, 3.05) is 26.2 Å². The van der Waals surface area contributed by atoms with E-state index in [1.54, 1.807) is 12.4 Å². The van der Waals surface area contributed by atoms with Gasteiger partial charge in [0.25, 0.3) is 0 Å². The van der Waals surface area contributed by atoms with Crippen LogP contribution in [-0.2, 0) is 6.18 Å². The summed E-state index contributed by atoms with van der Waals surface area (Å²) in [6.45, 7) is 2.14. The highest BCUT2D eigenvalue weighted by Crippen LogP contribution is 2.39. The van der Waals surface area contributed by atoms with Crippen LogP contribution in [0.2, 0.25) is 5.02 Å². The number of hydrogen-bond acceptors (Lipinski definition) is 6. The number of rotatable bonds is 4. The number of ether oxygens (including phenoxy) is 2. The summed E-state index contributed by atoms with van der Waals surface area (Å²) in [6, 6.07) is 2.83. The second-order valence-electron chi connectivity index (χ2n) is 8.67. The van der Waals surface area contributed by atoms with Crippen LogP contribution in [0.25, 0.3) is 0 Å². The van der Waals surface area contributed by atoms with Crippen molar-refractivity contribution in [2.24, 2.45) is 0 Å². The van der Waals surface area contributed by atoms with Crippen LogP contribution < -0.4 is 9.47 Å². The SMILES string of the molecule is O=C(Oc1cc(Cl)cc(C(F)(F)F)c1)N1CCN2C[C@H](Oc3cnc(C4CC4)cn3)C[C@H]2C1. The lowest BCUT2D eigenvalue weighted by Crippen LogP contribution is -2.52. The fraction of sp³-hybridized carbons (Fsp3) is 0.500. The van der Waals surface area contributed by atoms with Crippen molar-refractivity contribution in [3.63, 3.8) is 0 Å². The summed E-state index contributed by atoms with van der Waals surface area (Å²) in [6.07, 6.45) is 1.10. The molecule has 0 radical (unpaired) electrons. The first-order valence-electron chi connectivity index (χ1n) is 10.8. The highest BCUT2D eigenvalue weighted by Gasteiger charge is 2.39. The molecule has 1 amide bonds. The molecule has 1 saturated carbocycles. The second kappa shape index (κ2) is 8.64. The summed E-state index contributed by atoms with van der Waals surface area (Å²) < 4.78 is 50.2. The first kappa shape index (κ1) is 22.2. The Morgan fingerprint density at radius 3 is 2.61 bits per heavy atom. The zero-order valence-electron chi connectivity index (χ0n) is 17.6. The lowest BCUT2D eigenvalue weighted by atomic mass is 10.1. The topological polar surface area (TPSA) is 67.8 Å². The number of alkyl halides is 3. The quantitative estimate of drug-likeness (QED) is 0.645. The molecule has 2 saturated heterocycles. The summed E-state index contributed by atoms with van der Waals surface area (Å²) in [5.74, 6) is 0.787. The van der Waals surface area contributed by atoms with Crippen molar-refractivity contribution in [1.82, 2.24) is 19.8 Å². The fourth-order valence-corrected chi connectivity index (χ4v) is 4.57. The molecule has 5 rings (SSSR count). The van der Waals surface area contributed by atoms with E-state index in [4.69, 9.17) is 21.1 Å². The molecule has 3 fully saturated rings. The van der Waals surface area contributed by atoms with Gasteiger partial charge in [-0.3, -0.25) is 9.88 Å². The van der Waals surface area contributed by atoms with Crippen LogP contribution in [0.5, 0.6) is 11.6 Å². The van der Waals surface area contributed by atoms with Crippen molar-refractivity contribution in [2.45, 2.75) is 43.5 Å². The van der Waals surface area contributed by atoms with Gasteiger partial charge in [0, 0.05) is 49.6 Å². The summed E-state index contributed by atoms with van der Waals surface area (Å²) in [4.78, 5) is 25.1. The molecule has 2 aromatic rings. The molecule has 2 aliphatic heterocycles. The minimum absolute atomic E-state index is 0.0695. The maximum atomic E-state index is 13.0. The minimum atomic E-state index is -4.58. The number of hydrogen-bond donors (Lipinski definition) is 0. The van der Waals surface area contributed by atoms with Gasteiger partial charge in [-0.25, -0.2) is 9.78 Å². The predicted octanol–water partition coefficient (Wildman–Crippen LogP) is 4.36. The molecule has 3 heterocycles. The molecule has 0 N–H and O–H groups in total. The van der Waals surface area contributed by atoms with Gasteiger partial charge < -0.3 is 14.4 Å². The van der Waals surface area contributed by atoms with Crippen LogP contribution in [0.1, 0.15) is 36.4 Å². The zero-order chi connectivity index (χ0) is 23.2. The molecule has 0 unspecified atom stereocenters. The van der Waals surface area contributed by atoms with E-state index < -0.39 is 17.8 Å². The molecule has 11 heteroatoms. The Kier molecular flexibility index (Phi) is 5.82. The van der Waals surface area contributed by atoms with Gasteiger partial charge in [0.1, 0.15) is 11.9 Å². The van der Waals surface area contributed by atoms with Crippen LogP contribution in [0, 0.1) is 0 Å². The van der Waals surface area contributed by atoms with Crippen molar-refractivity contribution in [3.05, 3.63) is 46.9 Å². The molecular weight excluding hydrogens is 461 g/mol. The smallest absolute Gasteiger partial charge is 0.416 e. The average molecular weight is 483 g/mol. The Labute approximate surface area is 193 Å². The van der Waals surface area contributed by atoms with Gasteiger partial charge in [0.05, 0.1) is 23.7 Å². The van der Waals surface area contributed by atoms with Gasteiger partial charge in [-0.15, -0.1) is 0 Å². The lowest BCUT2D eigenvalue weighted by Gasteiger charge is -2.36. The van der Waals surface area contributed by atoms with Gasteiger partial charge in [-0.1, -0.05) is 11.6 Å². The van der Waals surface area contributed by atoms with E-state index in [0.717, 1.165) is 30.7 Å². The average Bonchev–Trinajstić information content (AvgIpc) is 3.53. The predicted molar refractivity (Wildman–Crippen MR) is 112 cm³/mol. The molecule has 0 spiro atoms. The van der Waals surface area contributed by atoms with Crippen LogP contribution in [-0.4, -0.2) is 64.2 Å². The van der Waals surface area contributed by atoms with E-state index in [1.165, 1.54) is 11.0 Å². The van der Waals surface area contributed by atoms with Crippen molar-refractivity contribution in [3.8, 4) is 11.6 Å². The summed E-state index contributed by atoms with van der Waals surface area (Å²) in [7, 11) is 0. The third-order valence-electron chi connectivity index (χ3n) is 6.17. The van der Waals surface area contributed by atoms with E-state index in [-0.39, 0.29) is 22.9 Å². The highest BCUT2D eigenvalue weighted by atomic mass is 35.5. The highest BCUT2D eigenvalue weighted by molar-refractivity contribution is 6.30. The molecule has 1 aliphatic carbocycles. The van der Waals surface area contributed by atoms with E-state index in [2.05, 4.69) is 14.9 Å². The Morgan fingerprint density at radius 2 is 1.91 bits per heavy atom. The number of carbonyl (C=O) groups excluding carboxylic acids is 1. The van der Waals surface area contributed by atoms with Crippen LogP contribution >= 0.6 is 11.6 Å². The summed E-state index contributed by atoms with van der Waals surface area (Å²) >= 11 is 5.77. The van der Waals surface area contributed by atoms with Crippen molar-refractivity contribution >= 4 is 17.7 Å². The van der Waals surface area contributed by atoms with Gasteiger partial charge in [-0.05, 0) is 31.0 Å². The summed E-state index contributed by atoms with van der Waals surface area (Å²) in [5, 5.41) is -0.151.